The maximum absolute atomic E-state index is 4.45. The van der Waals surface area contributed by atoms with E-state index < -0.39 is 0 Å². The molecule has 0 unspecified atom stereocenters. The van der Waals surface area contributed by atoms with Gasteiger partial charge in [-0.2, -0.15) is 5.10 Å². The Labute approximate surface area is 176 Å². The fraction of sp³-hybridized carbons (Fsp3) is 0.250. The molecule has 0 aliphatic rings. The molecule has 1 atom stereocenters. The van der Waals surface area contributed by atoms with Crippen molar-refractivity contribution in [1.82, 2.24) is 15.5 Å². The molecule has 0 saturated carbocycles. The molecule has 2 N–H and O–H groups in total. The van der Waals surface area contributed by atoms with Gasteiger partial charge in [0.25, 0.3) is 0 Å². The van der Waals surface area contributed by atoms with Gasteiger partial charge in [0.05, 0.1) is 11.7 Å². The first-order chi connectivity index (χ1) is 14.1. The summed E-state index contributed by atoms with van der Waals surface area (Å²) in [5.74, 6) is 0.840. The van der Waals surface area contributed by atoms with Crippen LogP contribution in [0.4, 0.5) is 5.82 Å². The zero-order chi connectivity index (χ0) is 20.4. The Morgan fingerprint density at radius 3 is 2.62 bits per heavy atom. The molecule has 4 rings (SSSR count). The molecule has 0 aliphatic carbocycles. The van der Waals surface area contributed by atoms with E-state index in [1.54, 1.807) is 0 Å². The number of aromatic nitrogens is 2. The highest BCUT2D eigenvalue weighted by atomic mass is 32.1. The predicted octanol–water partition coefficient (Wildman–Crippen LogP) is 5.87. The second-order valence-electron chi connectivity index (χ2n) is 7.44. The van der Waals surface area contributed by atoms with Crippen molar-refractivity contribution in [3.63, 3.8) is 0 Å². The van der Waals surface area contributed by atoms with Crippen LogP contribution in [0.15, 0.2) is 54.6 Å². The maximum atomic E-state index is 4.45. The third-order valence-electron chi connectivity index (χ3n) is 5.18. The van der Waals surface area contributed by atoms with Gasteiger partial charge < -0.3 is 10.6 Å². The molecule has 0 spiro atoms. The number of nitrogens with zero attached hydrogens (tertiary/aromatic N) is 2. The van der Waals surface area contributed by atoms with Crippen LogP contribution in [0.3, 0.4) is 0 Å². The van der Waals surface area contributed by atoms with E-state index in [1.165, 1.54) is 26.4 Å². The normalized spacial score (nSPS) is 12.3. The molecule has 4 aromatic rings. The van der Waals surface area contributed by atoms with Gasteiger partial charge >= 0.3 is 0 Å². The summed E-state index contributed by atoms with van der Waals surface area (Å²) in [6.45, 7) is 7.16. The number of anilines is 1. The summed E-state index contributed by atoms with van der Waals surface area (Å²) in [7, 11) is 1.98. The van der Waals surface area contributed by atoms with E-state index in [-0.39, 0.29) is 6.04 Å². The number of thiophene rings is 1. The Bertz CT molecular complexity index is 1150. The summed E-state index contributed by atoms with van der Waals surface area (Å²) >= 11 is 1.83. The van der Waals surface area contributed by atoms with E-state index in [4.69, 9.17) is 0 Å². The van der Waals surface area contributed by atoms with Gasteiger partial charge in [0.2, 0.25) is 0 Å². The highest BCUT2D eigenvalue weighted by molar-refractivity contribution is 7.15. The summed E-state index contributed by atoms with van der Waals surface area (Å²) in [5, 5.41) is 17.9. The van der Waals surface area contributed by atoms with Crippen LogP contribution in [-0.2, 0) is 6.54 Å². The third kappa shape index (κ3) is 4.02. The molecular formula is C24H26N4S. The quantitative estimate of drug-likeness (QED) is 0.424. The van der Waals surface area contributed by atoms with Crippen LogP contribution < -0.4 is 10.6 Å². The SMILES string of the molecule is CNCc1ccccc1-c1ccc([C@H](C)Nc2nnc(C)c3ccc(C)cc23)s1. The van der Waals surface area contributed by atoms with E-state index in [0.29, 0.717) is 0 Å². The van der Waals surface area contributed by atoms with E-state index in [1.807, 2.05) is 25.3 Å². The second kappa shape index (κ2) is 8.31. The van der Waals surface area contributed by atoms with Crippen molar-refractivity contribution in [3.05, 3.63) is 76.3 Å². The number of benzene rings is 2. The summed E-state index contributed by atoms with van der Waals surface area (Å²) in [6.07, 6.45) is 0. The molecule has 2 heterocycles. The van der Waals surface area contributed by atoms with E-state index in [9.17, 15) is 0 Å². The predicted molar refractivity (Wildman–Crippen MR) is 124 cm³/mol. The van der Waals surface area contributed by atoms with Crippen molar-refractivity contribution < 1.29 is 0 Å². The highest BCUT2D eigenvalue weighted by Crippen LogP contribution is 2.35. The minimum Gasteiger partial charge on any atom is -0.361 e. The summed E-state index contributed by atoms with van der Waals surface area (Å²) in [5.41, 5.74) is 4.79. The van der Waals surface area contributed by atoms with Gasteiger partial charge in [-0.05, 0) is 57.1 Å². The molecular weight excluding hydrogens is 376 g/mol. The molecule has 0 saturated heterocycles. The lowest BCUT2D eigenvalue weighted by molar-refractivity contribution is 0.820. The zero-order valence-electron chi connectivity index (χ0n) is 17.3. The molecule has 0 amide bonds. The average Bonchev–Trinajstić information content (AvgIpc) is 3.21. The van der Waals surface area contributed by atoms with Crippen LogP contribution in [0.25, 0.3) is 21.2 Å². The van der Waals surface area contributed by atoms with Gasteiger partial charge in [-0.15, -0.1) is 16.4 Å². The zero-order valence-corrected chi connectivity index (χ0v) is 18.1. The van der Waals surface area contributed by atoms with Crippen LogP contribution in [0, 0.1) is 13.8 Å². The first-order valence-corrected chi connectivity index (χ1v) is 10.7. The van der Waals surface area contributed by atoms with Crippen molar-refractivity contribution in [3.8, 4) is 10.4 Å². The van der Waals surface area contributed by atoms with Crippen molar-refractivity contribution >= 4 is 27.9 Å². The van der Waals surface area contributed by atoms with Crippen LogP contribution >= 0.6 is 11.3 Å². The fourth-order valence-electron chi connectivity index (χ4n) is 3.62. The maximum Gasteiger partial charge on any atom is 0.157 e. The summed E-state index contributed by atoms with van der Waals surface area (Å²) in [6, 6.07) is 19.6. The number of fused-ring (bicyclic) bond motifs is 1. The molecule has 5 heteroatoms. The lowest BCUT2D eigenvalue weighted by Gasteiger charge is -2.15. The van der Waals surface area contributed by atoms with Gasteiger partial charge in [0, 0.05) is 27.1 Å². The first-order valence-electron chi connectivity index (χ1n) is 9.89. The van der Waals surface area contributed by atoms with Gasteiger partial charge in [0.15, 0.2) is 5.82 Å². The number of aryl methyl sites for hydroxylation is 2. The standard InChI is InChI=1S/C24H26N4S/c1-15-9-10-19-16(2)27-28-24(21(19)13-15)26-17(3)22-11-12-23(29-22)20-8-6-5-7-18(20)14-25-4/h5-13,17,25H,14H2,1-4H3,(H,26,28)/t17-/m0/s1. The Hall–Kier alpha value is -2.76. The Morgan fingerprint density at radius 2 is 1.79 bits per heavy atom. The molecule has 2 aromatic carbocycles. The molecule has 0 fully saturated rings. The van der Waals surface area contributed by atoms with Crippen LogP contribution in [0.5, 0.6) is 0 Å². The summed E-state index contributed by atoms with van der Waals surface area (Å²) < 4.78 is 0. The van der Waals surface area contributed by atoms with Crippen molar-refractivity contribution in [2.45, 2.75) is 33.4 Å². The molecule has 0 radical (unpaired) electrons. The molecule has 0 aliphatic heterocycles. The Kier molecular flexibility index (Phi) is 5.60. The number of hydrogen-bond donors (Lipinski definition) is 2. The topological polar surface area (TPSA) is 49.8 Å². The molecule has 4 nitrogen and oxygen atoms in total. The van der Waals surface area contributed by atoms with Gasteiger partial charge in [-0.25, -0.2) is 0 Å². The smallest absolute Gasteiger partial charge is 0.157 e. The van der Waals surface area contributed by atoms with Gasteiger partial charge in [-0.1, -0.05) is 42.0 Å². The summed E-state index contributed by atoms with van der Waals surface area (Å²) in [4.78, 5) is 2.57. The minimum atomic E-state index is 0.144. The minimum absolute atomic E-state index is 0.144. The number of hydrogen-bond acceptors (Lipinski definition) is 5. The van der Waals surface area contributed by atoms with Crippen LogP contribution in [0.1, 0.15) is 34.7 Å². The molecule has 29 heavy (non-hydrogen) atoms. The van der Waals surface area contributed by atoms with Crippen molar-refractivity contribution in [2.75, 3.05) is 12.4 Å². The number of nitrogens with one attached hydrogen (secondary N) is 2. The van der Waals surface area contributed by atoms with E-state index in [0.717, 1.165) is 28.8 Å². The van der Waals surface area contributed by atoms with E-state index >= 15 is 0 Å². The first kappa shape index (κ1) is 19.6. The largest absolute Gasteiger partial charge is 0.361 e. The van der Waals surface area contributed by atoms with E-state index in [2.05, 4.69) is 89.3 Å². The second-order valence-corrected chi connectivity index (χ2v) is 8.55. The lowest BCUT2D eigenvalue weighted by atomic mass is 10.1. The van der Waals surface area contributed by atoms with Crippen LogP contribution in [-0.4, -0.2) is 17.2 Å². The highest BCUT2D eigenvalue weighted by Gasteiger charge is 2.14. The van der Waals surface area contributed by atoms with Crippen molar-refractivity contribution in [1.29, 1.82) is 0 Å². The lowest BCUT2D eigenvalue weighted by Crippen LogP contribution is -2.08. The third-order valence-corrected chi connectivity index (χ3v) is 6.48. The van der Waals surface area contributed by atoms with Gasteiger partial charge in [-0.3, -0.25) is 0 Å². The van der Waals surface area contributed by atoms with Gasteiger partial charge in [0.1, 0.15) is 0 Å². The Balaban J connectivity index is 1.63. The molecule has 148 valence electrons. The van der Waals surface area contributed by atoms with Crippen molar-refractivity contribution in [2.24, 2.45) is 0 Å². The monoisotopic (exact) mass is 402 g/mol. The van der Waals surface area contributed by atoms with Crippen LogP contribution in [0.2, 0.25) is 0 Å². The fourth-order valence-corrected chi connectivity index (χ4v) is 4.69. The Morgan fingerprint density at radius 1 is 0.966 bits per heavy atom. The average molecular weight is 403 g/mol. The number of rotatable bonds is 6. The molecule has 2 aromatic heterocycles. The molecule has 0 bridgehead atoms.